The van der Waals surface area contributed by atoms with Gasteiger partial charge in [0.1, 0.15) is 17.3 Å². The average molecular weight is 322 g/mol. The summed E-state index contributed by atoms with van der Waals surface area (Å²) in [5, 5.41) is 2.62. The molecule has 0 saturated carbocycles. The van der Waals surface area contributed by atoms with Gasteiger partial charge in [0, 0.05) is 0 Å². The third kappa shape index (κ3) is 3.27. The van der Waals surface area contributed by atoms with Crippen molar-refractivity contribution in [2.45, 2.75) is 26.2 Å². The smallest absolute Gasteiger partial charge is 0.275 e. The van der Waals surface area contributed by atoms with Crippen LogP contribution in [0.1, 0.15) is 37.5 Å². The van der Waals surface area contributed by atoms with Crippen LogP contribution in [0, 0.1) is 5.82 Å². The van der Waals surface area contributed by atoms with Gasteiger partial charge in [-0.1, -0.05) is 57.2 Å². The summed E-state index contributed by atoms with van der Waals surface area (Å²) in [5.74, 6) is -0.490. The SMILES string of the molecule is CC(C)(C)c1ccc(/C=C2/N=C(c3ccccc3F)NC2=O)cc1. The Bertz CT molecular complexity index is 843. The lowest BCUT2D eigenvalue weighted by atomic mass is 9.87. The molecule has 0 atom stereocenters. The number of benzene rings is 2. The van der Waals surface area contributed by atoms with Gasteiger partial charge >= 0.3 is 0 Å². The maximum atomic E-state index is 13.8. The van der Waals surface area contributed by atoms with Crippen LogP contribution in [0.15, 0.2) is 59.2 Å². The highest BCUT2D eigenvalue weighted by Crippen LogP contribution is 2.23. The highest BCUT2D eigenvalue weighted by Gasteiger charge is 2.23. The molecular formula is C20H19FN2O. The van der Waals surface area contributed by atoms with Crippen molar-refractivity contribution < 1.29 is 9.18 Å². The van der Waals surface area contributed by atoms with Crippen molar-refractivity contribution in [1.82, 2.24) is 5.32 Å². The largest absolute Gasteiger partial charge is 0.305 e. The molecule has 1 N–H and O–H groups in total. The van der Waals surface area contributed by atoms with Crippen molar-refractivity contribution in [2.75, 3.05) is 0 Å². The molecule has 2 aromatic carbocycles. The number of hydrogen-bond donors (Lipinski definition) is 1. The van der Waals surface area contributed by atoms with Gasteiger partial charge in [0.15, 0.2) is 0 Å². The number of aliphatic imine (C=N–C) groups is 1. The summed E-state index contributed by atoms with van der Waals surface area (Å²) in [5.41, 5.74) is 2.74. The van der Waals surface area contributed by atoms with Crippen LogP contribution >= 0.6 is 0 Å². The average Bonchev–Trinajstić information content (AvgIpc) is 2.88. The minimum Gasteiger partial charge on any atom is -0.305 e. The molecule has 3 rings (SSSR count). The van der Waals surface area contributed by atoms with Crippen LogP contribution in [0.2, 0.25) is 0 Å². The van der Waals surface area contributed by atoms with E-state index in [4.69, 9.17) is 0 Å². The number of hydrogen-bond acceptors (Lipinski definition) is 2. The zero-order valence-corrected chi connectivity index (χ0v) is 13.9. The summed E-state index contributed by atoms with van der Waals surface area (Å²) < 4.78 is 13.8. The molecule has 0 bridgehead atoms. The van der Waals surface area contributed by atoms with Gasteiger partial charge in [0.25, 0.3) is 5.91 Å². The molecule has 24 heavy (non-hydrogen) atoms. The van der Waals surface area contributed by atoms with Crippen molar-refractivity contribution in [2.24, 2.45) is 4.99 Å². The fourth-order valence-electron chi connectivity index (χ4n) is 2.49. The van der Waals surface area contributed by atoms with Crippen molar-refractivity contribution in [1.29, 1.82) is 0 Å². The van der Waals surface area contributed by atoms with E-state index in [0.29, 0.717) is 0 Å². The quantitative estimate of drug-likeness (QED) is 0.833. The second-order valence-corrected chi connectivity index (χ2v) is 6.80. The van der Waals surface area contributed by atoms with Crippen molar-refractivity contribution in [3.8, 4) is 0 Å². The summed E-state index contributed by atoms with van der Waals surface area (Å²) in [4.78, 5) is 16.3. The summed E-state index contributed by atoms with van der Waals surface area (Å²) in [6.07, 6.45) is 1.70. The predicted molar refractivity (Wildman–Crippen MR) is 94.2 cm³/mol. The molecule has 0 aromatic heterocycles. The Morgan fingerprint density at radius 1 is 1.04 bits per heavy atom. The van der Waals surface area contributed by atoms with E-state index in [1.54, 1.807) is 24.3 Å². The standard InChI is InChI=1S/C20H19FN2O/c1-20(2,3)14-10-8-13(9-11-14)12-17-19(24)23-18(22-17)15-6-4-5-7-16(15)21/h4-12H,1-3H3,(H,22,23,24)/b17-12+. The minimum absolute atomic E-state index is 0.0760. The number of nitrogens with one attached hydrogen (secondary N) is 1. The van der Waals surface area contributed by atoms with Crippen molar-refractivity contribution >= 4 is 17.8 Å². The van der Waals surface area contributed by atoms with Gasteiger partial charge in [0.05, 0.1) is 5.56 Å². The maximum absolute atomic E-state index is 13.8. The number of carbonyl (C=O) groups excluding carboxylic acids is 1. The van der Waals surface area contributed by atoms with E-state index in [2.05, 4.69) is 31.1 Å². The van der Waals surface area contributed by atoms with Crippen molar-refractivity contribution in [3.05, 3.63) is 76.7 Å². The molecular weight excluding hydrogens is 303 g/mol. The third-order valence-electron chi connectivity index (χ3n) is 3.91. The fourth-order valence-corrected chi connectivity index (χ4v) is 2.49. The molecule has 1 heterocycles. The topological polar surface area (TPSA) is 41.5 Å². The lowest BCUT2D eigenvalue weighted by Gasteiger charge is -2.18. The van der Waals surface area contributed by atoms with Crippen molar-refractivity contribution in [3.63, 3.8) is 0 Å². The van der Waals surface area contributed by atoms with Crippen LogP contribution in [0.5, 0.6) is 0 Å². The van der Waals surface area contributed by atoms with Gasteiger partial charge in [-0.15, -0.1) is 0 Å². The normalized spacial score (nSPS) is 16.2. The number of amides is 1. The minimum atomic E-state index is -0.410. The molecule has 3 nitrogen and oxygen atoms in total. The Labute approximate surface area is 140 Å². The number of nitrogens with zero attached hydrogens (tertiary/aromatic N) is 1. The molecule has 122 valence electrons. The zero-order valence-electron chi connectivity index (χ0n) is 13.9. The Hall–Kier alpha value is -2.75. The molecule has 0 spiro atoms. The van der Waals surface area contributed by atoms with Gasteiger partial charge in [-0.2, -0.15) is 0 Å². The fraction of sp³-hybridized carbons (Fsp3) is 0.200. The first-order chi connectivity index (χ1) is 11.3. The second kappa shape index (κ2) is 6.04. The van der Waals surface area contributed by atoms with Crippen LogP contribution in [0.25, 0.3) is 6.08 Å². The van der Waals surface area contributed by atoms with Crippen LogP contribution in [0.3, 0.4) is 0 Å². The lowest BCUT2D eigenvalue weighted by Crippen LogP contribution is -2.25. The van der Waals surface area contributed by atoms with Crippen LogP contribution < -0.4 is 5.32 Å². The number of carbonyl (C=O) groups is 1. The monoisotopic (exact) mass is 322 g/mol. The highest BCUT2D eigenvalue weighted by atomic mass is 19.1. The molecule has 1 aliphatic heterocycles. The summed E-state index contributed by atoms with van der Waals surface area (Å²) >= 11 is 0. The van der Waals surface area contributed by atoms with Gasteiger partial charge in [-0.3, -0.25) is 4.79 Å². The van der Waals surface area contributed by atoms with Gasteiger partial charge in [-0.05, 0) is 34.8 Å². The van der Waals surface area contributed by atoms with E-state index in [1.807, 2.05) is 24.3 Å². The van der Waals surface area contributed by atoms with E-state index in [9.17, 15) is 9.18 Å². The molecule has 0 unspecified atom stereocenters. The lowest BCUT2D eigenvalue weighted by molar-refractivity contribution is -0.115. The number of halogens is 1. The summed E-state index contributed by atoms with van der Waals surface area (Å²) in [6, 6.07) is 14.2. The number of rotatable bonds is 2. The van der Waals surface area contributed by atoms with E-state index in [-0.39, 0.29) is 28.4 Å². The number of amidine groups is 1. The van der Waals surface area contributed by atoms with E-state index < -0.39 is 5.82 Å². The molecule has 4 heteroatoms. The first-order valence-electron chi connectivity index (χ1n) is 7.82. The molecule has 0 fully saturated rings. The summed E-state index contributed by atoms with van der Waals surface area (Å²) in [7, 11) is 0. The Morgan fingerprint density at radius 2 is 1.71 bits per heavy atom. The Morgan fingerprint density at radius 3 is 2.33 bits per heavy atom. The van der Waals surface area contributed by atoms with Crippen LogP contribution in [-0.4, -0.2) is 11.7 Å². The summed E-state index contributed by atoms with van der Waals surface area (Å²) in [6.45, 7) is 6.45. The van der Waals surface area contributed by atoms with Gasteiger partial charge in [0.2, 0.25) is 0 Å². The van der Waals surface area contributed by atoms with Crippen LogP contribution in [-0.2, 0) is 10.2 Å². The first kappa shape index (κ1) is 16.1. The van der Waals surface area contributed by atoms with E-state index in [0.717, 1.165) is 5.56 Å². The Kier molecular flexibility index (Phi) is 4.06. The molecule has 1 amide bonds. The van der Waals surface area contributed by atoms with E-state index in [1.165, 1.54) is 11.6 Å². The molecule has 0 aliphatic carbocycles. The third-order valence-corrected chi connectivity index (χ3v) is 3.91. The van der Waals surface area contributed by atoms with Gasteiger partial charge < -0.3 is 5.32 Å². The molecule has 0 radical (unpaired) electrons. The maximum Gasteiger partial charge on any atom is 0.275 e. The highest BCUT2D eigenvalue weighted by molar-refractivity contribution is 6.19. The molecule has 2 aromatic rings. The zero-order chi connectivity index (χ0) is 17.3. The molecule has 1 aliphatic rings. The first-order valence-corrected chi connectivity index (χ1v) is 7.82. The molecule has 0 saturated heterocycles. The predicted octanol–water partition coefficient (Wildman–Crippen LogP) is 4.04. The second-order valence-electron chi connectivity index (χ2n) is 6.80. The van der Waals surface area contributed by atoms with Crippen LogP contribution in [0.4, 0.5) is 4.39 Å². The van der Waals surface area contributed by atoms with E-state index >= 15 is 0 Å². The van der Waals surface area contributed by atoms with Gasteiger partial charge in [-0.25, -0.2) is 9.38 Å². The Balaban J connectivity index is 1.90.